The number of amides is 1. The average Bonchev–Trinajstić information content (AvgIpc) is 2.45. The number of carbonyl (C=O) groups is 1. The van der Waals surface area contributed by atoms with Gasteiger partial charge in [0.05, 0.1) is 0 Å². The number of carbonyl (C=O) groups excluding carboxylic acids is 1. The molecule has 0 aliphatic rings. The lowest BCUT2D eigenvalue weighted by molar-refractivity contribution is -0.127. The third-order valence-corrected chi connectivity index (χ3v) is 2.88. The van der Waals surface area contributed by atoms with Crippen molar-refractivity contribution >= 4 is 5.91 Å². The summed E-state index contributed by atoms with van der Waals surface area (Å²) in [6, 6.07) is 5.57. The SMILES string of the molecule is CC(Oc1ccc(F)cc1)C(=O)NCCCCCCO. The number of benzene rings is 1. The van der Waals surface area contributed by atoms with Gasteiger partial charge in [0.25, 0.3) is 5.91 Å². The van der Waals surface area contributed by atoms with Crippen LogP contribution in [0.3, 0.4) is 0 Å². The van der Waals surface area contributed by atoms with Gasteiger partial charge in [-0.3, -0.25) is 4.79 Å². The van der Waals surface area contributed by atoms with Gasteiger partial charge in [-0.05, 0) is 44.0 Å². The Morgan fingerprint density at radius 2 is 1.90 bits per heavy atom. The Kier molecular flexibility index (Phi) is 7.65. The number of unbranched alkanes of at least 4 members (excludes halogenated alkanes) is 3. The number of hydrogen-bond acceptors (Lipinski definition) is 3. The van der Waals surface area contributed by atoms with E-state index >= 15 is 0 Å². The molecule has 0 aliphatic carbocycles. The lowest BCUT2D eigenvalue weighted by Crippen LogP contribution is -2.36. The molecule has 0 radical (unpaired) electrons. The molecule has 1 aromatic rings. The van der Waals surface area contributed by atoms with Crippen LogP contribution in [0.2, 0.25) is 0 Å². The lowest BCUT2D eigenvalue weighted by Gasteiger charge is -2.14. The van der Waals surface area contributed by atoms with Gasteiger partial charge in [-0.2, -0.15) is 0 Å². The molecular weight excluding hydrogens is 261 g/mol. The largest absolute Gasteiger partial charge is 0.481 e. The molecule has 0 saturated heterocycles. The Bertz CT molecular complexity index is 395. The predicted octanol–water partition coefficient (Wildman–Crippen LogP) is 2.26. The molecule has 1 rings (SSSR count). The van der Waals surface area contributed by atoms with E-state index in [-0.39, 0.29) is 18.3 Å². The third-order valence-electron chi connectivity index (χ3n) is 2.88. The summed E-state index contributed by atoms with van der Waals surface area (Å²) < 4.78 is 18.1. The molecule has 0 aromatic heterocycles. The summed E-state index contributed by atoms with van der Waals surface area (Å²) in [5.41, 5.74) is 0. The highest BCUT2D eigenvalue weighted by molar-refractivity contribution is 5.80. The molecule has 0 spiro atoms. The van der Waals surface area contributed by atoms with Crippen molar-refractivity contribution in [3.8, 4) is 5.75 Å². The zero-order chi connectivity index (χ0) is 14.8. The van der Waals surface area contributed by atoms with Gasteiger partial charge >= 0.3 is 0 Å². The quantitative estimate of drug-likeness (QED) is 0.683. The third kappa shape index (κ3) is 6.52. The second-order valence-corrected chi connectivity index (χ2v) is 4.64. The van der Waals surface area contributed by atoms with Crippen molar-refractivity contribution in [3.05, 3.63) is 30.1 Å². The van der Waals surface area contributed by atoms with Crippen molar-refractivity contribution in [1.82, 2.24) is 5.32 Å². The van der Waals surface area contributed by atoms with Crippen LogP contribution in [-0.4, -0.2) is 30.3 Å². The van der Waals surface area contributed by atoms with Crippen LogP contribution >= 0.6 is 0 Å². The number of ether oxygens (including phenoxy) is 1. The first kappa shape index (κ1) is 16.4. The summed E-state index contributed by atoms with van der Waals surface area (Å²) in [5.74, 6) is -0.0502. The molecule has 1 amide bonds. The molecule has 0 saturated carbocycles. The maximum atomic E-state index is 12.7. The highest BCUT2D eigenvalue weighted by atomic mass is 19.1. The molecule has 1 aromatic carbocycles. The molecule has 2 N–H and O–H groups in total. The Labute approximate surface area is 119 Å². The van der Waals surface area contributed by atoms with E-state index in [4.69, 9.17) is 9.84 Å². The first-order chi connectivity index (χ1) is 9.63. The lowest BCUT2D eigenvalue weighted by atomic mass is 10.2. The van der Waals surface area contributed by atoms with Gasteiger partial charge in [0, 0.05) is 13.2 Å². The highest BCUT2D eigenvalue weighted by Crippen LogP contribution is 2.13. The minimum atomic E-state index is -0.613. The van der Waals surface area contributed by atoms with Crippen LogP contribution in [0.4, 0.5) is 4.39 Å². The molecule has 4 nitrogen and oxygen atoms in total. The predicted molar refractivity (Wildman–Crippen MR) is 75.1 cm³/mol. The van der Waals surface area contributed by atoms with Gasteiger partial charge in [0.15, 0.2) is 6.10 Å². The molecule has 0 bridgehead atoms. The minimum Gasteiger partial charge on any atom is -0.481 e. The number of nitrogens with one attached hydrogen (secondary N) is 1. The van der Waals surface area contributed by atoms with E-state index in [1.165, 1.54) is 24.3 Å². The monoisotopic (exact) mass is 283 g/mol. The molecule has 112 valence electrons. The van der Waals surface area contributed by atoms with E-state index in [1.807, 2.05) is 0 Å². The van der Waals surface area contributed by atoms with Crippen molar-refractivity contribution in [2.24, 2.45) is 0 Å². The standard InChI is InChI=1S/C15H22FNO3/c1-12(20-14-8-6-13(16)7-9-14)15(19)17-10-4-2-3-5-11-18/h6-9,12,18H,2-5,10-11H2,1H3,(H,17,19). The Morgan fingerprint density at radius 1 is 1.25 bits per heavy atom. The van der Waals surface area contributed by atoms with Crippen LogP contribution in [-0.2, 0) is 4.79 Å². The van der Waals surface area contributed by atoms with Crippen LogP contribution in [0, 0.1) is 5.82 Å². The molecular formula is C15H22FNO3. The van der Waals surface area contributed by atoms with Crippen molar-refractivity contribution in [2.75, 3.05) is 13.2 Å². The Hall–Kier alpha value is -1.62. The van der Waals surface area contributed by atoms with Crippen molar-refractivity contribution < 1.29 is 19.0 Å². The first-order valence-electron chi connectivity index (χ1n) is 6.94. The first-order valence-corrected chi connectivity index (χ1v) is 6.94. The molecule has 0 aliphatic heterocycles. The molecule has 20 heavy (non-hydrogen) atoms. The van der Waals surface area contributed by atoms with E-state index < -0.39 is 6.10 Å². The van der Waals surface area contributed by atoms with Gasteiger partial charge in [0.2, 0.25) is 0 Å². The summed E-state index contributed by atoms with van der Waals surface area (Å²) in [5, 5.41) is 11.4. The summed E-state index contributed by atoms with van der Waals surface area (Å²) >= 11 is 0. The second kappa shape index (κ2) is 9.31. The summed E-state index contributed by atoms with van der Waals surface area (Å²) in [6.07, 6.45) is 3.02. The zero-order valence-electron chi connectivity index (χ0n) is 11.8. The van der Waals surface area contributed by atoms with Crippen molar-refractivity contribution in [2.45, 2.75) is 38.7 Å². The normalized spacial score (nSPS) is 11.9. The highest BCUT2D eigenvalue weighted by Gasteiger charge is 2.13. The van der Waals surface area contributed by atoms with Gasteiger partial charge in [-0.1, -0.05) is 12.8 Å². The fraction of sp³-hybridized carbons (Fsp3) is 0.533. The molecule has 1 unspecified atom stereocenters. The zero-order valence-corrected chi connectivity index (χ0v) is 11.8. The maximum Gasteiger partial charge on any atom is 0.260 e. The number of aliphatic hydroxyl groups is 1. The van der Waals surface area contributed by atoms with Crippen LogP contribution < -0.4 is 10.1 Å². The van der Waals surface area contributed by atoms with E-state index in [2.05, 4.69) is 5.32 Å². The number of aliphatic hydroxyl groups excluding tert-OH is 1. The van der Waals surface area contributed by atoms with E-state index in [0.717, 1.165) is 25.7 Å². The topological polar surface area (TPSA) is 58.6 Å². The van der Waals surface area contributed by atoms with Gasteiger partial charge in [-0.15, -0.1) is 0 Å². The summed E-state index contributed by atoms with van der Waals surface area (Å²) in [6.45, 7) is 2.47. The van der Waals surface area contributed by atoms with Crippen LogP contribution in [0.25, 0.3) is 0 Å². The van der Waals surface area contributed by atoms with E-state index in [0.29, 0.717) is 12.3 Å². The Morgan fingerprint density at radius 3 is 2.55 bits per heavy atom. The van der Waals surface area contributed by atoms with Gasteiger partial charge < -0.3 is 15.2 Å². The van der Waals surface area contributed by atoms with Crippen molar-refractivity contribution in [1.29, 1.82) is 0 Å². The summed E-state index contributed by atoms with van der Waals surface area (Å²) in [7, 11) is 0. The van der Waals surface area contributed by atoms with Gasteiger partial charge in [0.1, 0.15) is 11.6 Å². The minimum absolute atomic E-state index is 0.184. The van der Waals surface area contributed by atoms with Gasteiger partial charge in [-0.25, -0.2) is 4.39 Å². The van der Waals surface area contributed by atoms with Crippen LogP contribution in [0.15, 0.2) is 24.3 Å². The average molecular weight is 283 g/mol. The van der Waals surface area contributed by atoms with Crippen LogP contribution in [0.1, 0.15) is 32.6 Å². The molecule has 1 atom stereocenters. The smallest absolute Gasteiger partial charge is 0.260 e. The fourth-order valence-electron chi connectivity index (χ4n) is 1.72. The second-order valence-electron chi connectivity index (χ2n) is 4.64. The van der Waals surface area contributed by atoms with E-state index in [9.17, 15) is 9.18 Å². The maximum absolute atomic E-state index is 12.7. The molecule has 5 heteroatoms. The summed E-state index contributed by atoms with van der Waals surface area (Å²) in [4.78, 5) is 11.8. The van der Waals surface area contributed by atoms with Crippen LogP contribution in [0.5, 0.6) is 5.75 Å². The van der Waals surface area contributed by atoms with E-state index in [1.54, 1.807) is 6.92 Å². The van der Waals surface area contributed by atoms with Crippen molar-refractivity contribution in [3.63, 3.8) is 0 Å². The Balaban J connectivity index is 2.20. The molecule has 0 heterocycles. The fourth-order valence-corrected chi connectivity index (χ4v) is 1.72. The number of rotatable bonds is 9. The number of hydrogen-bond donors (Lipinski definition) is 2. The number of halogens is 1. The molecule has 0 fully saturated rings.